The molecule has 0 aliphatic rings. The molecule has 1 atom stereocenters. The summed E-state index contributed by atoms with van der Waals surface area (Å²) in [6.07, 6.45) is 13.5. The highest BCUT2D eigenvalue weighted by Crippen LogP contribution is 2.31. The van der Waals surface area contributed by atoms with Crippen LogP contribution in [0.25, 0.3) is 0 Å². The minimum atomic E-state index is -2.20. The molecule has 0 aromatic carbocycles. The van der Waals surface area contributed by atoms with Crippen LogP contribution in [0.3, 0.4) is 0 Å². The third-order valence-electron chi connectivity index (χ3n) is 3.09. The van der Waals surface area contributed by atoms with Gasteiger partial charge in [0.1, 0.15) is 5.44 Å². The Bertz CT molecular complexity index is 182. The Morgan fingerprint density at radius 3 is 1.84 bits per heavy atom. The fourth-order valence-corrected chi connectivity index (χ4v) is 3.44. The minimum Gasteiger partial charge on any atom is -0.328 e. The van der Waals surface area contributed by atoms with Crippen molar-refractivity contribution in [1.82, 2.24) is 0 Å². The van der Waals surface area contributed by atoms with Gasteiger partial charge < -0.3 is 9.79 Å². The molecule has 0 rings (SSSR count). The van der Waals surface area contributed by atoms with Gasteiger partial charge in [-0.25, -0.2) is 0 Å². The lowest BCUT2D eigenvalue weighted by Gasteiger charge is -2.12. The van der Waals surface area contributed by atoms with E-state index in [-0.39, 0.29) is 5.44 Å². The van der Waals surface area contributed by atoms with Crippen molar-refractivity contribution < 1.29 is 14.3 Å². The summed E-state index contributed by atoms with van der Waals surface area (Å²) in [7, 11) is -2.20. The van der Waals surface area contributed by atoms with Crippen molar-refractivity contribution in [3.63, 3.8) is 0 Å². The molecule has 0 aliphatic heterocycles. The summed E-state index contributed by atoms with van der Waals surface area (Å²) < 4.78 is 4.88. The van der Waals surface area contributed by atoms with E-state index in [9.17, 15) is 0 Å². The monoisotopic (exact) mass is 310 g/mol. The molecule has 0 heterocycles. The van der Waals surface area contributed by atoms with Crippen LogP contribution in [0.15, 0.2) is 0 Å². The van der Waals surface area contributed by atoms with Gasteiger partial charge in [0.15, 0.2) is 0 Å². The first kappa shape index (κ1) is 19.7. The van der Waals surface area contributed by atoms with Gasteiger partial charge in [0, 0.05) is 0 Å². The summed E-state index contributed by atoms with van der Waals surface area (Å²) in [4.78, 5) is 17.4. The van der Waals surface area contributed by atoms with E-state index >= 15 is 0 Å². The van der Waals surface area contributed by atoms with Crippen LogP contribution < -0.4 is 0 Å². The molecule has 0 amide bonds. The van der Waals surface area contributed by atoms with Gasteiger partial charge in [0.05, 0.1) is 0 Å². The summed E-state index contributed by atoms with van der Waals surface area (Å²) in [6.45, 7) is 4.12. The average molecular weight is 310 g/mol. The van der Waals surface area contributed by atoms with Crippen molar-refractivity contribution in [1.29, 1.82) is 0 Å². The van der Waals surface area contributed by atoms with Gasteiger partial charge in [-0.15, -0.1) is 11.8 Å². The van der Waals surface area contributed by atoms with Crippen LogP contribution in [-0.4, -0.2) is 21.0 Å². The molecule has 0 saturated carbocycles. The molecule has 0 unspecified atom stereocenters. The molecule has 116 valence electrons. The van der Waals surface area contributed by atoms with E-state index in [0.29, 0.717) is 0 Å². The highest BCUT2D eigenvalue weighted by molar-refractivity contribution is 7.99. The molecular formula is C14H31O3PS. The molecule has 0 radical (unpaired) electrons. The third kappa shape index (κ3) is 16.6. The van der Waals surface area contributed by atoms with Crippen molar-refractivity contribution in [3.8, 4) is 0 Å². The van der Waals surface area contributed by atoms with Crippen LogP contribution in [-0.2, 0) is 4.52 Å². The van der Waals surface area contributed by atoms with Crippen LogP contribution in [0.5, 0.6) is 0 Å². The largest absolute Gasteiger partial charge is 0.328 e. The van der Waals surface area contributed by atoms with Gasteiger partial charge in [0.2, 0.25) is 0 Å². The van der Waals surface area contributed by atoms with E-state index in [1.54, 1.807) is 11.8 Å². The maximum Gasteiger partial charge on any atom is 0.328 e. The highest BCUT2D eigenvalue weighted by Gasteiger charge is 2.07. The smallest absolute Gasteiger partial charge is 0.328 e. The Hall–Kier alpha value is 0.660. The first-order valence-corrected chi connectivity index (χ1v) is 9.84. The SMILES string of the molecule is CCCCCCCCCCCCS[C@@H](C)OP(O)O. The second-order valence-electron chi connectivity index (χ2n) is 4.98. The predicted octanol–water partition coefficient (Wildman–Crippen LogP) is 5.21. The third-order valence-corrected chi connectivity index (χ3v) is 4.83. The van der Waals surface area contributed by atoms with E-state index in [1.807, 2.05) is 6.92 Å². The lowest BCUT2D eigenvalue weighted by molar-refractivity contribution is 0.248. The molecule has 0 aromatic rings. The average Bonchev–Trinajstić information content (AvgIpc) is 2.35. The first-order chi connectivity index (χ1) is 9.16. The van der Waals surface area contributed by atoms with E-state index < -0.39 is 8.60 Å². The highest BCUT2D eigenvalue weighted by atomic mass is 32.2. The van der Waals surface area contributed by atoms with Crippen molar-refractivity contribution in [2.24, 2.45) is 0 Å². The summed E-state index contributed by atoms with van der Waals surface area (Å²) in [5, 5.41) is 0. The lowest BCUT2D eigenvalue weighted by atomic mass is 10.1. The van der Waals surface area contributed by atoms with Gasteiger partial charge >= 0.3 is 8.60 Å². The molecule has 19 heavy (non-hydrogen) atoms. The minimum absolute atomic E-state index is 0.111. The van der Waals surface area contributed by atoms with Crippen LogP contribution in [0.2, 0.25) is 0 Å². The molecule has 0 fully saturated rings. The fraction of sp³-hybridized carbons (Fsp3) is 1.00. The molecule has 0 bridgehead atoms. The quantitative estimate of drug-likeness (QED) is 0.262. The lowest BCUT2D eigenvalue weighted by Crippen LogP contribution is -2.00. The topological polar surface area (TPSA) is 49.7 Å². The molecule has 3 nitrogen and oxygen atoms in total. The van der Waals surface area contributed by atoms with Crippen molar-refractivity contribution >= 4 is 20.4 Å². The maximum atomic E-state index is 8.68. The molecule has 2 N–H and O–H groups in total. The molecule has 0 aromatic heterocycles. The van der Waals surface area contributed by atoms with Crippen LogP contribution in [0, 0.1) is 0 Å². The number of rotatable bonds is 14. The second kappa shape index (κ2) is 15.1. The van der Waals surface area contributed by atoms with E-state index in [4.69, 9.17) is 14.3 Å². The predicted molar refractivity (Wildman–Crippen MR) is 86.2 cm³/mol. The molecular weight excluding hydrogens is 279 g/mol. The zero-order valence-electron chi connectivity index (χ0n) is 12.5. The number of thioether (sulfide) groups is 1. The molecule has 0 saturated heterocycles. The number of hydrogen-bond donors (Lipinski definition) is 2. The Balaban J connectivity index is 3.06. The van der Waals surface area contributed by atoms with E-state index in [1.165, 1.54) is 64.2 Å². The van der Waals surface area contributed by atoms with Crippen LogP contribution in [0.1, 0.15) is 78.1 Å². The van der Waals surface area contributed by atoms with Crippen LogP contribution in [0.4, 0.5) is 0 Å². The Morgan fingerprint density at radius 1 is 0.895 bits per heavy atom. The van der Waals surface area contributed by atoms with Crippen LogP contribution >= 0.6 is 20.4 Å². The summed E-state index contributed by atoms with van der Waals surface area (Å²) in [6, 6.07) is 0. The normalized spacial score (nSPS) is 13.1. The van der Waals surface area contributed by atoms with Crippen molar-refractivity contribution in [2.45, 2.75) is 83.5 Å². The standard InChI is InChI=1S/C14H31O3PS/c1-3-4-5-6-7-8-9-10-11-12-13-19-14(2)17-18(15)16/h14-16H,3-13H2,1-2H3/t14-/m0/s1. The number of unbranched alkanes of at least 4 members (excludes halogenated alkanes) is 9. The van der Waals surface area contributed by atoms with Crippen molar-refractivity contribution in [3.05, 3.63) is 0 Å². The van der Waals surface area contributed by atoms with Crippen molar-refractivity contribution in [2.75, 3.05) is 5.75 Å². The van der Waals surface area contributed by atoms with E-state index in [0.717, 1.165) is 5.75 Å². The van der Waals surface area contributed by atoms with Gasteiger partial charge in [-0.3, -0.25) is 4.52 Å². The van der Waals surface area contributed by atoms with E-state index in [2.05, 4.69) is 6.92 Å². The summed E-state index contributed by atoms with van der Waals surface area (Å²) in [5.74, 6) is 1.04. The number of hydrogen-bond acceptors (Lipinski definition) is 4. The summed E-state index contributed by atoms with van der Waals surface area (Å²) >= 11 is 1.66. The molecule has 5 heteroatoms. The van der Waals surface area contributed by atoms with Gasteiger partial charge in [-0.05, 0) is 19.1 Å². The fourth-order valence-electron chi connectivity index (χ4n) is 2.00. The van der Waals surface area contributed by atoms with Gasteiger partial charge in [-0.1, -0.05) is 64.7 Å². The Labute approximate surface area is 124 Å². The molecule has 0 spiro atoms. The second-order valence-corrected chi connectivity index (χ2v) is 7.10. The Kier molecular flexibility index (Phi) is 15.6. The van der Waals surface area contributed by atoms with Gasteiger partial charge in [0.25, 0.3) is 0 Å². The zero-order valence-corrected chi connectivity index (χ0v) is 14.2. The first-order valence-electron chi connectivity index (χ1n) is 7.63. The Morgan fingerprint density at radius 2 is 1.37 bits per heavy atom. The zero-order chi connectivity index (χ0) is 14.3. The molecule has 0 aliphatic carbocycles. The summed E-state index contributed by atoms with van der Waals surface area (Å²) in [5.41, 5.74) is -0.111. The van der Waals surface area contributed by atoms with Gasteiger partial charge in [-0.2, -0.15) is 0 Å². The maximum absolute atomic E-state index is 8.68.